The van der Waals surface area contributed by atoms with Crippen molar-refractivity contribution in [3.8, 4) is 11.5 Å². The van der Waals surface area contributed by atoms with Gasteiger partial charge in [-0.15, -0.1) is 0 Å². The third-order valence-electron chi connectivity index (χ3n) is 4.41. The summed E-state index contributed by atoms with van der Waals surface area (Å²) < 4.78 is 11.1. The van der Waals surface area contributed by atoms with Crippen LogP contribution < -0.4 is 19.9 Å². The Kier molecular flexibility index (Phi) is 5.99. The molecule has 1 aliphatic heterocycles. The van der Waals surface area contributed by atoms with Gasteiger partial charge in [0, 0.05) is 0 Å². The van der Waals surface area contributed by atoms with Crippen molar-refractivity contribution in [1.82, 2.24) is 5.43 Å². The van der Waals surface area contributed by atoms with Gasteiger partial charge in [-0.2, -0.15) is 0 Å². The fraction of sp³-hybridized carbons (Fsp3) is 0.273. The zero-order valence-electron chi connectivity index (χ0n) is 16.3. The van der Waals surface area contributed by atoms with Crippen molar-refractivity contribution in [2.45, 2.75) is 26.7 Å². The van der Waals surface area contributed by atoms with Gasteiger partial charge in [-0.25, -0.2) is 5.01 Å². The Morgan fingerprint density at radius 2 is 1.93 bits per heavy atom. The van der Waals surface area contributed by atoms with Crippen LogP contribution in [0, 0.1) is 6.92 Å². The molecule has 0 bridgehead atoms. The van der Waals surface area contributed by atoms with Crippen LogP contribution in [0.25, 0.3) is 6.08 Å². The van der Waals surface area contributed by atoms with E-state index in [4.69, 9.17) is 9.47 Å². The van der Waals surface area contributed by atoms with Gasteiger partial charge in [-0.05, 0) is 54.8 Å². The number of anilines is 1. The number of rotatable bonds is 7. The number of nitrogens with one attached hydrogen (secondary N) is 1. The lowest BCUT2D eigenvalue weighted by Gasteiger charge is -2.14. The van der Waals surface area contributed by atoms with Crippen LogP contribution in [0.1, 0.15) is 30.9 Å². The Hall–Kier alpha value is -3.28. The van der Waals surface area contributed by atoms with E-state index in [-0.39, 0.29) is 5.57 Å². The number of nitrogens with zero attached hydrogens (tertiary/aromatic N) is 1. The monoisotopic (exact) mass is 380 g/mol. The van der Waals surface area contributed by atoms with E-state index in [0.29, 0.717) is 29.4 Å². The molecule has 0 saturated carbocycles. The van der Waals surface area contributed by atoms with E-state index in [1.165, 1.54) is 5.01 Å². The molecule has 1 saturated heterocycles. The highest BCUT2D eigenvalue weighted by molar-refractivity contribution is 6.31. The molecule has 28 heavy (non-hydrogen) atoms. The van der Waals surface area contributed by atoms with Crippen molar-refractivity contribution < 1.29 is 19.1 Å². The highest BCUT2D eigenvalue weighted by Gasteiger charge is 2.34. The molecular formula is C22H24N2O4. The van der Waals surface area contributed by atoms with Crippen LogP contribution in [0.4, 0.5) is 5.69 Å². The van der Waals surface area contributed by atoms with Crippen LogP contribution in [-0.4, -0.2) is 25.5 Å². The maximum absolute atomic E-state index is 12.7. The van der Waals surface area contributed by atoms with Crippen LogP contribution in [0.15, 0.2) is 48.0 Å². The molecule has 0 aliphatic carbocycles. The Labute approximate surface area is 164 Å². The highest BCUT2D eigenvalue weighted by atomic mass is 16.5. The van der Waals surface area contributed by atoms with Crippen LogP contribution >= 0.6 is 0 Å². The maximum atomic E-state index is 12.7. The minimum absolute atomic E-state index is 0.0724. The second kappa shape index (κ2) is 8.61. The summed E-state index contributed by atoms with van der Waals surface area (Å²) in [6.07, 6.45) is 3.56. The lowest BCUT2D eigenvalue weighted by molar-refractivity contribution is -0.117. The first-order valence-corrected chi connectivity index (χ1v) is 9.28. The Morgan fingerprint density at radius 1 is 1.11 bits per heavy atom. The van der Waals surface area contributed by atoms with E-state index < -0.39 is 11.8 Å². The molecule has 1 aliphatic rings. The van der Waals surface area contributed by atoms with Crippen molar-refractivity contribution >= 4 is 23.6 Å². The molecule has 1 N–H and O–H groups in total. The summed E-state index contributed by atoms with van der Waals surface area (Å²) in [4.78, 5) is 25.1. The lowest BCUT2D eigenvalue weighted by Crippen LogP contribution is -2.35. The molecule has 2 amide bonds. The van der Waals surface area contributed by atoms with E-state index >= 15 is 0 Å². The first kappa shape index (κ1) is 19.5. The van der Waals surface area contributed by atoms with Crippen molar-refractivity contribution in [3.63, 3.8) is 0 Å². The summed E-state index contributed by atoms with van der Waals surface area (Å²) in [5.41, 5.74) is 4.99. The Bertz CT molecular complexity index is 921. The van der Waals surface area contributed by atoms with E-state index in [0.717, 1.165) is 18.4 Å². The molecule has 2 aromatic rings. The quantitative estimate of drug-likeness (QED) is 0.452. The van der Waals surface area contributed by atoms with E-state index in [1.807, 2.05) is 25.1 Å². The molecule has 146 valence electrons. The van der Waals surface area contributed by atoms with Gasteiger partial charge < -0.3 is 9.47 Å². The van der Waals surface area contributed by atoms with Crippen LogP contribution in [-0.2, 0) is 9.59 Å². The number of ether oxygens (including phenoxy) is 2. The molecule has 0 radical (unpaired) electrons. The van der Waals surface area contributed by atoms with Gasteiger partial charge in [-0.1, -0.05) is 31.5 Å². The smallest absolute Gasteiger partial charge is 0.282 e. The van der Waals surface area contributed by atoms with E-state index in [9.17, 15) is 9.59 Å². The Balaban J connectivity index is 1.84. The molecular weight excluding hydrogens is 356 g/mol. The second-order valence-corrected chi connectivity index (χ2v) is 6.59. The number of hydrogen-bond acceptors (Lipinski definition) is 4. The van der Waals surface area contributed by atoms with Crippen molar-refractivity contribution in [3.05, 3.63) is 59.2 Å². The van der Waals surface area contributed by atoms with Crippen molar-refractivity contribution in [2.75, 3.05) is 18.7 Å². The van der Waals surface area contributed by atoms with Gasteiger partial charge in [0.15, 0.2) is 11.5 Å². The molecule has 6 heteroatoms. The first-order chi connectivity index (χ1) is 13.5. The number of hydrogen-bond donors (Lipinski definition) is 1. The van der Waals surface area contributed by atoms with Gasteiger partial charge >= 0.3 is 0 Å². The molecule has 6 nitrogen and oxygen atoms in total. The Morgan fingerprint density at radius 3 is 2.64 bits per heavy atom. The zero-order chi connectivity index (χ0) is 20.1. The minimum atomic E-state index is -0.436. The molecule has 3 rings (SSSR count). The number of hydrazine groups is 1. The normalized spacial score (nSPS) is 15.1. The van der Waals surface area contributed by atoms with Crippen molar-refractivity contribution in [1.29, 1.82) is 0 Å². The van der Waals surface area contributed by atoms with Crippen LogP contribution in [0.3, 0.4) is 0 Å². The van der Waals surface area contributed by atoms with Crippen molar-refractivity contribution in [2.24, 2.45) is 0 Å². The molecule has 0 aromatic heterocycles. The molecule has 1 fully saturated rings. The SMILES string of the molecule is CCCCOc1ccc(/C=C2/C(=O)NN(c3cccc(C)c3)C2=O)cc1OC. The fourth-order valence-electron chi connectivity index (χ4n) is 2.89. The summed E-state index contributed by atoms with van der Waals surface area (Å²) in [5.74, 6) is 0.375. The summed E-state index contributed by atoms with van der Waals surface area (Å²) >= 11 is 0. The number of carbonyl (C=O) groups is 2. The molecule has 0 atom stereocenters. The zero-order valence-corrected chi connectivity index (χ0v) is 16.3. The second-order valence-electron chi connectivity index (χ2n) is 6.59. The predicted molar refractivity (Wildman–Crippen MR) is 108 cm³/mol. The summed E-state index contributed by atoms with van der Waals surface area (Å²) in [5, 5.41) is 1.26. The number of carbonyl (C=O) groups excluding carboxylic acids is 2. The van der Waals surface area contributed by atoms with Gasteiger partial charge in [0.2, 0.25) is 0 Å². The third kappa shape index (κ3) is 4.17. The average Bonchev–Trinajstić information content (AvgIpc) is 2.97. The average molecular weight is 380 g/mol. The predicted octanol–water partition coefficient (Wildman–Crippen LogP) is 3.64. The van der Waals surface area contributed by atoms with E-state index in [2.05, 4.69) is 12.3 Å². The molecule has 0 spiro atoms. The molecule has 0 unspecified atom stereocenters. The standard InChI is InChI=1S/C22H24N2O4/c1-4-5-11-28-19-10-9-16(14-20(19)27-3)13-18-21(25)23-24(22(18)26)17-8-6-7-15(2)12-17/h6-10,12-14H,4-5,11H2,1-3H3,(H,23,25)/b18-13-. The number of amides is 2. The molecule has 1 heterocycles. The van der Waals surface area contributed by atoms with Gasteiger partial charge in [0.25, 0.3) is 11.8 Å². The number of unbranched alkanes of at least 4 members (excludes halogenated alkanes) is 1. The highest BCUT2D eigenvalue weighted by Crippen LogP contribution is 2.30. The lowest BCUT2D eigenvalue weighted by atomic mass is 10.1. The van der Waals surface area contributed by atoms with Crippen LogP contribution in [0.5, 0.6) is 11.5 Å². The summed E-state index contributed by atoms with van der Waals surface area (Å²) in [7, 11) is 1.56. The fourth-order valence-corrected chi connectivity index (χ4v) is 2.89. The summed E-state index contributed by atoms with van der Waals surface area (Å²) in [6.45, 7) is 4.64. The topological polar surface area (TPSA) is 67.9 Å². The van der Waals surface area contributed by atoms with Gasteiger partial charge in [-0.3, -0.25) is 15.0 Å². The molecule has 2 aromatic carbocycles. The first-order valence-electron chi connectivity index (χ1n) is 9.28. The number of methoxy groups -OCH3 is 1. The maximum Gasteiger partial charge on any atom is 0.282 e. The van der Waals surface area contributed by atoms with Gasteiger partial charge in [0.1, 0.15) is 5.57 Å². The van der Waals surface area contributed by atoms with E-state index in [1.54, 1.807) is 37.5 Å². The van der Waals surface area contributed by atoms with Gasteiger partial charge in [0.05, 0.1) is 19.4 Å². The minimum Gasteiger partial charge on any atom is -0.493 e. The largest absolute Gasteiger partial charge is 0.493 e. The number of aryl methyl sites for hydroxylation is 1. The van der Waals surface area contributed by atoms with Crippen LogP contribution in [0.2, 0.25) is 0 Å². The third-order valence-corrected chi connectivity index (χ3v) is 4.41. The summed E-state index contributed by atoms with van der Waals surface area (Å²) in [6, 6.07) is 12.7. The number of benzene rings is 2.